The summed E-state index contributed by atoms with van der Waals surface area (Å²) < 4.78 is 63.7. The minimum Gasteiger partial charge on any atom is -0.387 e. The fraction of sp³-hybridized carbons (Fsp3) is 0.250. The maximum atomic E-state index is 12.4. The van der Waals surface area contributed by atoms with Gasteiger partial charge in [0.1, 0.15) is 5.15 Å². The number of carbonyl (C=O) groups is 1. The Hall–Kier alpha value is -1.44. The van der Waals surface area contributed by atoms with Gasteiger partial charge in [-0.05, 0) is 6.07 Å². The first-order valence-corrected chi connectivity index (χ1v) is 4.32. The van der Waals surface area contributed by atoms with E-state index < -0.39 is 34.9 Å². The van der Waals surface area contributed by atoms with Gasteiger partial charge in [-0.1, -0.05) is 11.6 Å². The number of rotatable bonds is 3. The van der Waals surface area contributed by atoms with Crippen LogP contribution in [0.5, 0.6) is 5.88 Å². The summed E-state index contributed by atoms with van der Waals surface area (Å²) in [6, 6.07) is 0.494. The smallest absolute Gasteiger partial charge is 0.387 e. The van der Waals surface area contributed by atoms with E-state index in [2.05, 4.69) is 9.72 Å². The summed E-state index contributed by atoms with van der Waals surface area (Å²) in [5, 5.41) is -0.649. The maximum Gasteiger partial charge on any atom is 0.574 e. The zero-order valence-electron chi connectivity index (χ0n) is 7.76. The number of alkyl halides is 5. The fourth-order valence-corrected chi connectivity index (χ4v) is 1.11. The highest BCUT2D eigenvalue weighted by molar-refractivity contribution is 6.31. The lowest BCUT2D eigenvalue weighted by Crippen LogP contribution is -2.19. The Morgan fingerprint density at radius 1 is 1.41 bits per heavy atom. The van der Waals surface area contributed by atoms with Gasteiger partial charge in [-0.15, -0.1) is 13.2 Å². The minimum atomic E-state index is -5.18. The van der Waals surface area contributed by atoms with Crippen LogP contribution >= 0.6 is 11.6 Å². The molecule has 3 nitrogen and oxygen atoms in total. The van der Waals surface area contributed by atoms with Crippen molar-refractivity contribution in [1.82, 2.24) is 4.98 Å². The first-order valence-electron chi connectivity index (χ1n) is 3.94. The van der Waals surface area contributed by atoms with Crippen molar-refractivity contribution in [1.29, 1.82) is 0 Å². The van der Waals surface area contributed by atoms with Crippen molar-refractivity contribution >= 4 is 17.9 Å². The van der Waals surface area contributed by atoms with E-state index in [1.54, 1.807) is 0 Å². The lowest BCUT2D eigenvalue weighted by Gasteiger charge is -2.12. The molecule has 0 aliphatic carbocycles. The van der Waals surface area contributed by atoms with Crippen LogP contribution in [-0.4, -0.2) is 17.6 Å². The summed E-state index contributed by atoms with van der Waals surface area (Å²) in [7, 11) is 0. The highest BCUT2D eigenvalue weighted by atomic mass is 35.5. The van der Waals surface area contributed by atoms with Crippen LogP contribution < -0.4 is 4.74 Å². The molecule has 1 rings (SSSR count). The second-order valence-electron chi connectivity index (χ2n) is 2.73. The van der Waals surface area contributed by atoms with Gasteiger partial charge in [0, 0.05) is 0 Å². The number of pyridine rings is 1. The largest absolute Gasteiger partial charge is 0.574 e. The molecule has 0 spiro atoms. The van der Waals surface area contributed by atoms with Crippen LogP contribution in [0.15, 0.2) is 6.07 Å². The Balaban J connectivity index is 3.28. The zero-order valence-corrected chi connectivity index (χ0v) is 8.52. The van der Waals surface area contributed by atoms with Gasteiger partial charge in [0.25, 0.3) is 6.43 Å². The SMILES string of the molecule is O=Cc1cc(C(F)F)c(OC(F)(F)F)nc1Cl. The second kappa shape index (κ2) is 4.82. The Bertz CT molecular complexity index is 435. The molecule has 1 heterocycles. The van der Waals surface area contributed by atoms with E-state index in [4.69, 9.17) is 11.6 Å². The first kappa shape index (κ1) is 13.6. The monoisotopic (exact) mass is 275 g/mol. The Morgan fingerprint density at radius 2 is 2.00 bits per heavy atom. The number of halogens is 6. The molecule has 1 aromatic heterocycles. The zero-order chi connectivity index (χ0) is 13.2. The third kappa shape index (κ3) is 3.52. The molecule has 0 fully saturated rings. The predicted molar refractivity (Wildman–Crippen MR) is 46.3 cm³/mol. The molecule has 0 saturated heterocycles. The third-order valence-corrected chi connectivity index (χ3v) is 1.87. The third-order valence-electron chi connectivity index (χ3n) is 1.57. The summed E-state index contributed by atoms with van der Waals surface area (Å²) in [4.78, 5) is 13.3. The van der Waals surface area contributed by atoms with E-state index in [-0.39, 0.29) is 6.29 Å². The molecule has 0 aliphatic heterocycles. The number of aldehydes is 1. The Kier molecular flexibility index (Phi) is 3.87. The van der Waals surface area contributed by atoms with Crippen LogP contribution in [0.25, 0.3) is 0 Å². The summed E-state index contributed by atoms with van der Waals surface area (Å²) >= 11 is 5.30. The molecule has 0 saturated carbocycles. The van der Waals surface area contributed by atoms with Crippen LogP contribution in [0, 0.1) is 0 Å². The molecule has 0 unspecified atom stereocenters. The van der Waals surface area contributed by atoms with Gasteiger partial charge in [-0.25, -0.2) is 13.8 Å². The molecule has 1 aromatic rings. The number of aromatic nitrogens is 1. The molecular weight excluding hydrogens is 273 g/mol. The summed E-state index contributed by atoms with van der Waals surface area (Å²) in [6.45, 7) is 0. The lowest BCUT2D eigenvalue weighted by atomic mass is 10.2. The van der Waals surface area contributed by atoms with Crippen molar-refractivity contribution in [2.75, 3.05) is 0 Å². The number of nitrogens with zero attached hydrogens (tertiary/aromatic N) is 1. The van der Waals surface area contributed by atoms with Gasteiger partial charge < -0.3 is 4.74 Å². The van der Waals surface area contributed by atoms with E-state index in [1.807, 2.05) is 0 Å². The maximum absolute atomic E-state index is 12.4. The van der Waals surface area contributed by atoms with Crippen LogP contribution in [0.3, 0.4) is 0 Å². The van der Waals surface area contributed by atoms with Crippen molar-refractivity contribution in [2.45, 2.75) is 12.8 Å². The topological polar surface area (TPSA) is 39.2 Å². The van der Waals surface area contributed by atoms with Crippen molar-refractivity contribution in [2.24, 2.45) is 0 Å². The highest BCUT2D eigenvalue weighted by Gasteiger charge is 2.34. The molecule has 0 amide bonds. The van der Waals surface area contributed by atoms with Crippen molar-refractivity contribution in [3.63, 3.8) is 0 Å². The lowest BCUT2D eigenvalue weighted by molar-refractivity contribution is -0.276. The van der Waals surface area contributed by atoms with Crippen LogP contribution in [-0.2, 0) is 0 Å². The van der Waals surface area contributed by atoms with Crippen molar-refractivity contribution in [3.05, 3.63) is 22.3 Å². The minimum absolute atomic E-state index is 0.0958. The molecule has 0 aromatic carbocycles. The molecule has 17 heavy (non-hydrogen) atoms. The summed E-state index contributed by atoms with van der Waals surface area (Å²) in [6.07, 6.45) is -8.36. The van der Waals surface area contributed by atoms with Crippen LogP contribution in [0.1, 0.15) is 22.3 Å². The van der Waals surface area contributed by atoms with Crippen molar-refractivity contribution in [3.8, 4) is 5.88 Å². The standard InChI is InChI=1S/C8H3ClF5NO2/c9-5-3(2-16)1-4(6(10)11)7(15-5)17-8(12,13)14/h1-2,6H. The molecular formula is C8H3ClF5NO2. The van der Waals surface area contributed by atoms with Crippen molar-refractivity contribution < 1.29 is 31.5 Å². The molecule has 94 valence electrons. The normalized spacial score (nSPS) is 11.7. The molecule has 0 N–H and O–H groups in total. The van der Waals surface area contributed by atoms with Gasteiger partial charge in [0.05, 0.1) is 11.1 Å². The van der Waals surface area contributed by atoms with E-state index >= 15 is 0 Å². The first-order chi connectivity index (χ1) is 7.74. The molecule has 0 bridgehead atoms. The predicted octanol–water partition coefficient (Wildman–Crippen LogP) is 3.38. The number of hydrogen-bond acceptors (Lipinski definition) is 3. The van der Waals surface area contributed by atoms with Gasteiger partial charge in [0.2, 0.25) is 5.88 Å². The average Bonchev–Trinajstić information content (AvgIpc) is 2.14. The fourth-order valence-electron chi connectivity index (χ4n) is 0.937. The van der Waals surface area contributed by atoms with Crippen LogP contribution in [0.2, 0.25) is 5.15 Å². The molecule has 0 atom stereocenters. The summed E-state index contributed by atoms with van der Waals surface area (Å²) in [5.74, 6) is -1.37. The number of hydrogen-bond donors (Lipinski definition) is 0. The van der Waals surface area contributed by atoms with Crippen LogP contribution in [0.4, 0.5) is 22.0 Å². The highest BCUT2D eigenvalue weighted by Crippen LogP contribution is 2.33. The van der Waals surface area contributed by atoms with E-state index in [0.29, 0.717) is 6.07 Å². The second-order valence-corrected chi connectivity index (χ2v) is 3.09. The number of carbonyl (C=O) groups excluding carboxylic acids is 1. The van der Waals surface area contributed by atoms with Gasteiger partial charge >= 0.3 is 6.36 Å². The van der Waals surface area contributed by atoms with E-state index in [0.717, 1.165) is 0 Å². The Morgan fingerprint density at radius 3 is 2.41 bits per heavy atom. The quantitative estimate of drug-likeness (QED) is 0.482. The summed E-state index contributed by atoms with van der Waals surface area (Å²) in [5.41, 5.74) is -1.61. The van der Waals surface area contributed by atoms with Gasteiger partial charge in [0.15, 0.2) is 6.29 Å². The molecule has 0 radical (unpaired) electrons. The Labute approximate surface area is 96.2 Å². The van der Waals surface area contributed by atoms with E-state index in [9.17, 15) is 26.7 Å². The number of ether oxygens (including phenoxy) is 1. The van der Waals surface area contributed by atoms with E-state index in [1.165, 1.54) is 0 Å². The van der Waals surface area contributed by atoms with Gasteiger partial charge in [-0.3, -0.25) is 4.79 Å². The molecule has 9 heteroatoms. The molecule has 0 aliphatic rings. The average molecular weight is 276 g/mol. The van der Waals surface area contributed by atoms with Gasteiger partial charge in [-0.2, -0.15) is 0 Å².